The molecule has 0 bridgehead atoms. The topological polar surface area (TPSA) is 70.2 Å². The lowest BCUT2D eigenvalue weighted by atomic mass is 10.2. The van der Waals surface area contributed by atoms with Gasteiger partial charge in [-0.3, -0.25) is 9.59 Å². The summed E-state index contributed by atoms with van der Waals surface area (Å²) in [6.45, 7) is 4.60. The van der Waals surface area contributed by atoms with Gasteiger partial charge in [-0.25, -0.2) is 0 Å². The van der Waals surface area contributed by atoms with Crippen LogP contribution in [0.2, 0.25) is 0 Å². The van der Waals surface area contributed by atoms with E-state index in [0.717, 1.165) is 0 Å². The van der Waals surface area contributed by atoms with Crippen molar-refractivity contribution in [2.45, 2.75) is 58.0 Å². The zero-order chi connectivity index (χ0) is 13.4. The molecule has 0 saturated heterocycles. The summed E-state index contributed by atoms with van der Waals surface area (Å²) in [4.78, 5) is 22.8. The fourth-order valence-electron chi connectivity index (χ4n) is 2.14. The molecular weight excluding hydrogens is 230 g/mol. The van der Waals surface area contributed by atoms with Crippen LogP contribution in [-0.2, 0) is 9.59 Å². The average molecular weight is 255 g/mol. The third-order valence-electron chi connectivity index (χ3n) is 3.03. The Balaban J connectivity index is 2.00. The molecule has 1 aliphatic rings. The zero-order valence-electron chi connectivity index (χ0n) is 11.4. The molecule has 104 valence electrons. The average Bonchev–Trinajstić information content (AvgIpc) is 2.78. The van der Waals surface area contributed by atoms with E-state index in [9.17, 15) is 9.59 Å². The van der Waals surface area contributed by atoms with E-state index >= 15 is 0 Å². The molecule has 0 aromatic carbocycles. The summed E-state index contributed by atoms with van der Waals surface area (Å²) in [5.41, 5.74) is 0. The second-order valence-electron chi connectivity index (χ2n) is 5.18. The minimum absolute atomic E-state index is 0.0194. The summed E-state index contributed by atoms with van der Waals surface area (Å²) in [6, 6.07) is 0.650. The predicted molar refractivity (Wildman–Crippen MR) is 71.2 cm³/mol. The Morgan fingerprint density at radius 2 is 1.83 bits per heavy atom. The third-order valence-corrected chi connectivity index (χ3v) is 3.03. The number of hydrogen-bond donors (Lipinski definition) is 3. The molecular formula is C13H25N3O2. The summed E-state index contributed by atoms with van der Waals surface area (Å²) in [5, 5.41) is 8.77. The fraction of sp³-hybridized carbons (Fsp3) is 0.846. The Morgan fingerprint density at radius 3 is 2.44 bits per heavy atom. The maximum absolute atomic E-state index is 11.5. The molecule has 3 N–H and O–H groups in total. The molecule has 1 saturated carbocycles. The number of amides is 2. The van der Waals surface area contributed by atoms with E-state index in [2.05, 4.69) is 16.0 Å². The van der Waals surface area contributed by atoms with E-state index in [1.807, 2.05) is 13.8 Å². The van der Waals surface area contributed by atoms with Crippen molar-refractivity contribution in [3.05, 3.63) is 0 Å². The van der Waals surface area contributed by atoms with Crippen molar-refractivity contribution >= 4 is 11.8 Å². The van der Waals surface area contributed by atoms with Crippen molar-refractivity contribution in [2.75, 3.05) is 13.1 Å². The highest BCUT2D eigenvalue weighted by Crippen LogP contribution is 2.17. The second-order valence-corrected chi connectivity index (χ2v) is 5.18. The summed E-state index contributed by atoms with van der Waals surface area (Å²) in [6.07, 6.45) is 5.20. The van der Waals surface area contributed by atoms with Gasteiger partial charge in [0.2, 0.25) is 11.8 Å². The lowest BCUT2D eigenvalue weighted by Crippen LogP contribution is -2.40. The van der Waals surface area contributed by atoms with Crippen molar-refractivity contribution in [1.29, 1.82) is 0 Å². The smallest absolute Gasteiger partial charge is 0.233 e. The first kappa shape index (κ1) is 15.0. The number of carbonyl (C=O) groups excluding carboxylic acids is 2. The van der Waals surface area contributed by atoms with Crippen LogP contribution in [0.5, 0.6) is 0 Å². The first-order chi connectivity index (χ1) is 8.58. The first-order valence-corrected chi connectivity index (χ1v) is 6.87. The zero-order valence-corrected chi connectivity index (χ0v) is 11.4. The summed E-state index contributed by atoms with van der Waals surface area (Å²) >= 11 is 0. The molecule has 0 unspecified atom stereocenters. The molecule has 0 heterocycles. The van der Waals surface area contributed by atoms with Crippen molar-refractivity contribution in [2.24, 2.45) is 0 Å². The van der Waals surface area contributed by atoms with Crippen LogP contribution in [0.15, 0.2) is 0 Å². The van der Waals surface area contributed by atoms with E-state index in [-0.39, 0.29) is 17.9 Å². The first-order valence-electron chi connectivity index (χ1n) is 6.87. The maximum atomic E-state index is 11.5. The van der Waals surface area contributed by atoms with E-state index < -0.39 is 0 Å². The van der Waals surface area contributed by atoms with Crippen LogP contribution >= 0.6 is 0 Å². The van der Waals surface area contributed by atoms with Gasteiger partial charge in [0.1, 0.15) is 0 Å². The second kappa shape index (κ2) is 8.08. The Kier molecular flexibility index (Phi) is 6.72. The molecule has 5 heteroatoms. The number of rotatable bonds is 7. The number of carbonyl (C=O) groups is 2. The van der Waals surface area contributed by atoms with E-state index in [0.29, 0.717) is 25.6 Å². The third kappa shape index (κ3) is 6.59. The van der Waals surface area contributed by atoms with Crippen LogP contribution in [0.25, 0.3) is 0 Å². The normalized spacial score (nSPS) is 15.9. The quantitative estimate of drug-likeness (QED) is 0.622. The molecule has 5 nitrogen and oxygen atoms in total. The lowest BCUT2D eigenvalue weighted by Gasteiger charge is -2.12. The van der Waals surface area contributed by atoms with Gasteiger partial charge in [0.15, 0.2) is 0 Å². The molecule has 0 aromatic heterocycles. The van der Waals surface area contributed by atoms with Gasteiger partial charge in [0.05, 0.1) is 6.54 Å². The SMILES string of the molecule is CC(C)NC(=O)CCNC(=O)CNC1CCCC1. The monoisotopic (exact) mass is 255 g/mol. The summed E-state index contributed by atoms with van der Waals surface area (Å²) < 4.78 is 0. The van der Waals surface area contributed by atoms with Gasteiger partial charge in [-0.2, -0.15) is 0 Å². The lowest BCUT2D eigenvalue weighted by molar-refractivity contribution is -0.122. The van der Waals surface area contributed by atoms with Crippen LogP contribution in [0.4, 0.5) is 0 Å². The molecule has 0 atom stereocenters. The van der Waals surface area contributed by atoms with Gasteiger partial charge in [-0.15, -0.1) is 0 Å². The highest BCUT2D eigenvalue weighted by Gasteiger charge is 2.15. The Labute approximate surface area is 109 Å². The minimum atomic E-state index is -0.0285. The van der Waals surface area contributed by atoms with Crippen molar-refractivity contribution in [3.8, 4) is 0 Å². The van der Waals surface area contributed by atoms with Crippen LogP contribution < -0.4 is 16.0 Å². The van der Waals surface area contributed by atoms with Crippen LogP contribution in [0.1, 0.15) is 46.0 Å². The molecule has 1 rings (SSSR count). The predicted octanol–water partition coefficient (Wildman–Crippen LogP) is 0.550. The Bertz CT molecular complexity index is 273. The van der Waals surface area contributed by atoms with Gasteiger partial charge in [0.25, 0.3) is 0 Å². The fourth-order valence-corrected chi connectivity index (χ4v) is 2.14. The van der Waals surface area contributed by atoms with Crippen molar-refractivity contribution in [1.82, 2.24) is 16.0 Å². The van der Waals surface area contributed by atoms with Crippen LogP contribution in [-0.4, -0.2) is 37.0 Å². The van der Waals surface area contributed by atoms with Crippen molar-refractivity contribution in [3.63, 3.8) is 0 Å². The van der Waals surface area contributed by atoms with E-state index in [1.165, 1.54) is 25.7 Å². The van der Waals surface area contributed by atoms with Gasteiger partial charge < -0.3 is 16.0 Å². The number of hydrogen-bond acceptors (Lipinski definition) is 3. The molecule has 0 radical (unpaired) electrons. The van der Waals surface area contributed by atoms with Gasteiger partial charge in [-0.05, 0) is 26.7 Å². The summed E-state index contributed by atoms with van der Waals surface area (Å²) in [5.74, 6) is -0.0479. The van der Waals surface area contributed by atoms with Crippen LogP contribution in [0.3, 0.4) is 0 Å². The molecule has 2 amide bonds. The van der Waals surface area contributed by atoms with E-state index in [4.69, 9.17) is 0 Å². The van der Waals surface area contributed by atoms with Gasteiger partial charge in [-0.1, -0.05) is 12.8 Å². The molecule has 0 aromatic rings. The van der Waals surface area contributed by atoms with E-state index in [1.54, 1.807) is 0 Å². The highest BCUT2D eigenvalue weighted by atomic mass is 16.2. The Hall–Kier alpha value is -1.10. The van der Waals surface area contributed by atoms with Crippen molar-refractivity contribution < 1.29 is 9.59 Å². The molecule has 1 fully saturated rings. The van der Waals surface area contributed by atoms with Crippen LogP contribution in [0, 0.1) is 0 Å². The number of nitrogens with one attached hydrogen (secondary N) is 3. The summed E-state index contributed by atoms with van der Waals surface area (Å²) in [7, 11) is 0. The van der Waals surface area contributed by atoms with Gasteiger partial charge >= 0.3 is 0 Å². The molecule has 0 aliphatic heterocycles. The standard InChI is InChI=1S/C13H25N3O2/c1-10(2)16-12(17)7-8-14-13(18)9-15-11-5-3-4-6-11/h10-11,15H,3-9H2,1-2H3,(H,14,18)(H,16,17). The van der Waals surface area contributed by atoms with Gasteiger partial charge in [0, 0.05) is 25.0 Å². The highest BCUT2D eigenvalue weighted by molar-refractivity contribution is 5.80. The maximum Gasteiger partial charge on any atom is 0.233 e. The molecule has 1 aliphatic carbocycles. The largest absolute Gasteiger partial charge is 0.354 e. The molecule has 0 spiro atoms. The molecule has 18 heavy (non-hydrogen) atoms. The Morgan fingerprint density at radius 1 is 1.17 bits per heavy atom. The minimum Gasteiger partial charge on any atom is -0.354 e.